The van der Waals surface area contributed by atoms with Crippen LogP contribution >= 0.6 is 15.9 Å². The first-order valence-corrected chi connectivity index (χ1v) is 11.4. The third-order valence-corrected chi connectivity index (χ3v) is 5.92. The van der Waals surface area contributed by atoms with Crippen molar-refractivity contribution >= 4 is 27.5 Å². The van der Waals surface area contributed by atoms with Gasteiger partial charge in [0.25, 0.3) is 0 Å². The van der Waals surface area contributed by atoms with E-state index in [1.807, 2.05) is 84.9 Å². The lowest BCUT2D eigenvalue weighted by Crippen LogP contribution is -2.32. The fraction of sp³-hybridized carbons (Fsp3) is 0.107. The Labute approximate surface area is 197 Å². The lowest BCUT2D eigenvalue weighted by atomic mass is 10.0. The van der Waals surface area contributed by atoms with E-state index in [4.69, 9.17) is 0 Å². The zero-order valence-corrected chi connectivity index (χ0v) is 19.3. The summed E-state index contributed by atoms with van der Waals surface area (Å²) in [5, 5.41) is 3.14. The van der Waals surface area contributed by atoms with Gasteiger partial charge in [-0.05, 0) is 28.8 Å². The van der Waals surface area contributed by atoms with Gasteiger partial charge in [-0.2, -0.15) is 0 Å². The number of halogens is 1. The van der Waals surface area contributed by atoms with Crippen molar-refractivity contribution in [3.8, 4) is 11.1 Å². The van der Waals surface area contributed by atoms with Crippen LogP contribution in [-0.4, -0.2) is 17.4 Å². The van der Waals surface area contributed by atoms with Crippen molar-refractivity contribution in [3.63, 3.8) is 0 Å². The minimum absolute atomic E-state index is 0.0311. The normalized spacial score (nSPS) is 10.8. The van der Waals surface area contributed by atoms with Crippen LogP contribution in [0.1, 0.15) is 11.1 Å². The SMILES string of the molecule is O=C(CN(Cc1ccccc1)Cc1ccccc1)Nc1ccccc1-c1ccccc1Br. The molecule has 4 rings (SSSR count). The first-order chi connectivity index (χ1) is 15.7. The van der Waals surface area contributed by atoms with Crippen molar-refractivity contribution in [1.29, 1.82) is 0 Å². The predicted octanol–water partition coefficient (Wildman–Crippen LogP) is 6.76. The number of nitrogens with one attached hydrogen (secondary N) is 1. The Morgan fingerprint density at radius 1 is 0.656 bits per heavy atom. The summed E-state index contributed by atoms with van der Waals surface area (Å²) in [5.74, 6) is -0.0311. The number of benzene rings is 4. The average molecular weight is 485 g/mol. The highest BCUT2D eigenvalue weighted by atomic mass is 79.9. The Morgan fingerprint density at radius 3 is 1.75 bits per heavy atom. The van der Waals surface area contributed by atoms with Crippen LogP contribution in [0.4, 0.5) is 5.69 Å². The van der Waals surface area contributed by atoms with Gasteiger partial charge in [0.1, 0.15) is 0 Å². The van der Waals surface area contributed by atoms with E-state index in [2.05, 4.69) is 50.4 Å². The number of carbonyl (C=O) groups is 1. The van der Waals surface area contributed by atoms with E-state index in [9.17, 15) is 4.79 Å². The molecule has 4 heteroatoms. The monoisotopic (exact) mass is 484 g/mol. The van der Waals surface area contributed by atoms with E-state index in [0.717, 1.165) is 21.3 Å². The number of nitrogens with zero attached hydrogens (tertiary/aromatic N) is 1. The summed E-state index contributed by atoms with van der Waals surface area (Å²) in [6, 6.07) is 36.5. The first kappa shape index (κ1) is 22.0. The third kappa shape index (κ3) is 5.94. The van der Waals surface area contributed by atoms with E-state index in [-0.39, 0.29) is 5.91 Å². The van der Waals surface area contributed by atoms with E-state index in [1.54, 1.807) is 0 Å². The molecule has 0 fully saturated rings. The number of anilines is 1. The summed E-state index contributed by atoms with van der Waals surface area (Å²) in [5.41, 5.74) is 5.22. The molecule has 160 valence electrons. The van der Waals surface area contributed by atoms with Crippen LogP contribution < -0.4 is 5.32 Å². The summed E-state index contributed by atoms with van der Waals surface area (Å²) in [6.45, 7) is 1.71. The second-order valence-corrected chi connectivity index (χ2v) is 8.54. The Morgan fingerprint density at radius 2 is 1.16 bits per heavy atom. The van der Waals surface area contributed by atoms with E-state index in [1.165, 1.54) is 11.1 Å². The van der Waals surface area contributed by atoms with E-state index >= 15 is 0 Å². The zero-order chi connectivity index (χ0) is 22.2. The van der Waals surface area contributed by atoms with Gasteiger partial charge in [-0.15, -0.1) is 0 Å². The summed E-state index contributed by atoms with van der Waals surface area (Å²) >= 11 is 3.63. The molecule has 0 spiro atoms. The van der Waals surface area contributed by atoms with E-state index in [0.29, 0.717) is 19.6 Å². The molecule has 0 atom stereocenters. The fourth-order valence-electron chi connectivity index (χ4n) is 3.75. The zero-order valence-electron chi connectivity index (χ0n) is 17.7. The van der Waals surface area contributed by atoms with Crippen LogP contribution in [-0.2, 0) is 17.9 Å². The Kier molecular flexibility index (Phi) is 7.49. The molecule has 4 aromatic carbocycles. The van der Waals surface area contributed by atoms with Gasteiger partial charge < -0.3 is 5.32 Å². The van der Waals surface area contributed by atoms with Crippen molar-refractivity contribution in [2.24, 2.45) is 0 Å². The molecular weight excluding hydrogens is 460 g/mol. The summed E-state index contributed by atoms with van der Waals surface area (Å²) in [4.78, 5) is 15.3. The number of carbonyl (C=O) groups excluding carboxylic acids is 1. The largest absolute Gasteiger partial charge is 0.324 e. The number of rotatable bonds is 8. The van der Waals surface area contributed by atoms with Gasteiger partial charge in [0, 0.05) is 28.8 Å². The second-order valence-electron chi connectivity index (χ2n) is 7.69. The molecular formula is C28H25BrN2O. The minimum Gasteiger partial charge on any atom is -0.324 e. The molecule has 3 nitrogen and oxygen atoms in total. The van der Waals surface area contributed by atoms with Crippen molar-refractivity contribution in [2.75, 3.05) is 11.9 Å². The van der Waals surface area contributed by atoms with Gasteiger partial charge in [-0.25, -0.2) is 0 Å². The maximum atomic E-state index is 13.1. The summed E-state index contributed by atoms with van der Waals surface area (Å²) < 4.78 is 0.997. The van der Waals surface area contributed by atoms with Crippen molar-refractivity contribution < 1.29 is 4.79 Å². The molecule has 0 saturated heterocycles. The molecule has 0 bridgehead atoms. The van der Waals surface area contributed by atoms with Crippen molar-refractivity contribution in [2.45, 2.75) is 13.1 Å². The second kappa shape index (κ2) is 10.9. The van der Waals surface area contributed by atoms with Gasteiger partial charge in [0.15, 0.2) is 0 Å². The molecule has 0 heterocycles. The van der Waals surface area contributed by atoms with E-state index < -0.39 is 0 Å². The molecule has 0 aliphatic rings. The van der Waals surface area contributed by atoms with Gasteiger partial charge in [0.05, 0.1) is 6.54 Å². The molecule has 0 saturated carbocycles. The Balaban J connectivity index is 1.52. The third-order valence-electron chi connectivity index (χ3n) is 5.23. The molecule has 1 N–H and O–H groups in total. The predicted molar refractivity (Wildman–Crippen MR) is 135 cm³/mol. The fourth-order valence-corrected chi connectivity index (χ4v) is 4.25. The van der Waals surface area contributed by atoms with Gasteiger partial charge in [-0.1, -0.05) is 113 Å². The van der Waals surface area contributed by atoms with Gasteiger partial charge >= 0.3 is 0 Å². The average Bonchev–Trinajstić information content (AvgIpc) is 2.81. The number of hydrogen-bond acceptors (Lipinski definition) is 2. The highest BCUT2D eigenvalue weighted by molar-refractivity contribution is 9.10. The molecule has 0 unspecified atom stereocenters. The maximum Gasteiger partial charge on any atom is 0.238 e. The molecule has 0 aliphatic carbocycles. The van der Waals surface area contributed by atoms with Gasteiger partial charge in [0.2, 0.25) is 5.91 Å². The molecule has 0 aliphatic heterocycles. The number of hydrogen-bond donors (Lipinski definition) is 1. The Hall–Kier alpha value is -3.21. The molecule has 1 amide bonds. The molecule has 0 radical (unpaired) electrons. The molecule has 4 aromatic rings. The van der Waals surface area contributed by atoms with Crippen LogP contribution in [0.5, 0.6) is 0 Å². The molecule has 32 heavy (non-hydrogen) atoms. The minimum atomic E-state index is -0.0311. The lowest BCUT2D eigenvalue weighted by molar-refractivity contribution is -0.117. The van der Waals surface area contributed by atoms with Crippen LogP contribution in [0.15, 0.2) is 114 Å². The molecule has 0 aromatic heterocycles. The number of amides is 1. The van der Waals surface area contributed by atoms with Gasteiger partial charge in [-0.3, -0.25) is 9.69 Å². The lowest BCUT2D eigenvalue weighted by Gasteiger charge is -2.22. The van der Waals surface area contributed by atoms with Crippen molar-refractivity contribution in [3.05, 3.63) is 125 Å². The van der Waals surface area contributed by atoms with Crippen molar-refractivity contribution in [1.82, 2.24) is 4.90 Å². The maximum absolute atomic E-state index is 13.1. The Bertz CT molecular complexity index is 1120. The first-order valence-electron chi connectivity index (χ1n) is 10.6. The van der Waals surface area contributed by atoms with Crippen LogP contribution in [0.25, 0.3) is 11.1 Å². The van der Waals surface area contributed by atoms with Crippen LogP contribution in [0.2, 0.25) is 0 Å². The highest BCUT2D eigenvalue weighted by Crippen LogP contribution is 2.33. The van der Waals surface area contributed by atoms with Crippen LogP contribution in [0.3, 0.4) is 0 Å². The quantitative estimate of drug-likeness (QED) is 0.299. The standard InChI is InChI=1S/C28H25BrN2O/c29-26-17-9-7-15-24(26)25-16-8-10-18-27(25)30-28(32)21-31(19-22-11-3-1-4-12-22)20-23-13-5-2-6-14-23/h1-18H,19-21H2,(H,30,32). The van der Waals surface area contributed by atoms with Crippen LogP contribution in [0, 0.1) is 0 Å². The number of para-hydroxylation sites is 1. The smallest absolute Gasteiger partial charge is 0.238 e. The topological polar surface area (TPSA) is 32.3 Å². The summed E-state index contributed by atoms with van der Waals surface area (Å²) in [7, 11) is 0. The highest BCUT2D eigenvalue weighted by Gasteiger charge is 2.15. The summed E-state index contributed by atoms with van der Waals surface area (Å²) in [6.07, 6.45) is 0.